The maximum Gasteiger partial charge on any atom is 0.129 e. The highest BCUT2D eigenvalue weighted by Gasteiger charge is 2.29. The summed E-state index contributed by atoms with van der Waals surface area (Å²) in [6.45, 7) is 2.05. The third-order valence-electron chi connectivity index (χ3n) is 3.50. The van der Waals surface area contributed by atoms with Crippen LogP contribution in [0.2, 0.25) is 5.02 Å². The Kier molecular flexibility index (Phi) is 4.56. The second-order valence-electron chi connectivity index (χ2n) is 4.56. The number of likely N-dealkylation sites (tertiary alicyclic amines) is 1. The van der Waals surface area contributed by atoms with Gasteiger partial charge in [0, 0.05) is 37.3 Å². The van der Waals surface area contributed by atoms with Gasteiger partial charge in [0.15, 0.2) is 0 Å². The molecule has 2 unspecified atom stereocenters. The molecule has 0 saturated carbocycles. The molecule has 0 radical (unpaired) electrons. The molecule has 1 aromatic carbocycles. The van der Waals surface area contributed by atoms with Gasteiger partial charge in [0.25, 0.3) is 0 Å². The highest BCUT2D eigenvalue weighted by Crippen LogP contribution is 2.28. The molecule has 0 bridgehead atoms. The molecule has 1 heterocycles. The van der Waals surface area contributed by atoms with E-state index in [4.69, 9.17) is 22.1 Å². The summed E-state index contributed by atoms with van der Waals surface area (Å²) >= 11 is 5.77. The second kappa shape index (κ2) is 5.97. The number of halogens is 2. The summed E-state index contributed by atoms with van der Waals surface area (Å²) in [5, 5.41) is 0.406. The first-order chi connectivity index (χ1) is 8.65. The Hall–Kier alpha value is -0.680. The quantitative estimate of drug-likeness (QED) is 0.913. The third-order valence-corrected chi connectivity index (χ3v) is 3.73. The fourth-order valence-electron chi connectivity index (χ4n) is 2.47. The lowest BCUT2D eigenvalue weighted by Gasteiger charge is -2.27. The molecule has 2 N–H and O–H groups in total. The van der Waals surface area contributed by atoms with Gasteiger partial charge in [-0.2, -0.15) is 0 Å². The van der Waals surface area contributed by atoms with Crippen LogP contribution in [0.5, 0.6) is 0 Å². The first-order valence-corrected chi connectivity index (χ1v) is 6.45. The van der Waals surface area contributed by atoms with Gasteiger partial charge in [-0.3, -0.25) is 4.90 Å². The molecule has 0 amide bonds. The number of nitrogens with zero attached hydrogens (tertiary/aromatic N) is 1. The summed E-state index contributed by atoms with van der Waals surface area (Å²) in [6.07, 6.45) is 1.18. The van der Waals surface area contributed by atoms with E-state index >= 15 is 0 Å². The summed E-state index contributed by atoms with van der Waals surface area (Å²) in [7, 11) is 1.70. The Labute approximate surface area is 112 Å². The molecule has 1 aliphatic rings. The van der Waals surface area contributed by atoms with E-state index in [2.05, 4.69) is 4.90 Å². The number of hydrogen-bond donors (Lipinski definition) is 1. The SMILES string of the molecule is COC1CCN(C(CN)c2ccc(Cl)cc2F)C1. The van der Waals surface area contributed by atoms with Crippen molar-refractivity contribution in [3.8, 4) is 0 Å². The van der Waals surface area contributed by atoms with E-state index in [0.717, 1.165) is 19.5 Å². The minimum absolute atomic E-state index is 0.109. The van der Waals surface area contributed by atoms with Crippen molar-refractivity contribution in [2.75, 3.05) is 26.7 Å². The predicted octanol–water partition coefficient (Wildman–Crippen LogP) is 2.20. The van der Waals surface area contributed by atoms with Crippen LogP contribution >= 0.6 is 11.6 Å². The van der Waals surface area contributed by atoms with Gasteiger partial charge in [-0.25, -0.2) is 4.39 Å². The summed E-state index contributed by atoms with van der Waals surface area (Å²) in [5.41, 5.74) is 6.41. The van der Waals surface area contributed by atoms with E-state index in [9.17, 15) is 4.39 Å². The first-order valence-electron chi connectivity index (χ1n) is 6.07. The molecule has 1 saturated heterocycles. The van der Waals surface area contributed by atoms with Crippen molar-refractivity contribution in [2.24, 2.45) is 5.73 Å². The Bertz CT molecular complexity index is 416. The fraction of sp³-hybridized carbons (Fsp3) is 0.538. The molecule has 1 aliphatic heterocycles. The van der Waals surface area contributed by atoms with Crippen molar-refractivity contribution in [3.63, 3.8) is 0 Å². The molecule has 0 aromatic heterocycles. The van der Waals surface area contributed by atoms with Gasteiger partial charge in [-0.05, 0) is 18.6 Å². The van der Waals surface area contributed by atoms with Crippen LogP contribution in [-0.4, -0.2) is 37.7 Å². The molecule has 0 spiro atoms. The highest BCUT2D eigenvalue weighted by atomic mass is 35.5. The predicted molar refractivity (Wildman–Crippen MR) is 70.2 cm³/mol. The molecule has 2 rings (SSSR count). The minimum Gasteiger partial charge on any atom is -0.380 e. The van der Waals surface area contributed by atoms with Crippen LogP contribution in [0.1, 0.15) is 18.0 Å². The molecule has 5 heteroatoms. The lowest BCUT2D eigenvalue weighted by atomic mass is 10.1. The maximum absolute atomic E-state index is 13.9. The van der Waals surface area contributed by atoms with Crippen LogP contribution in [0.15, 0.2) is 18.2 Å². The molecule has 2 atom stereocenters. The van der Waals surface area contributed by atoms with Crippen molar-refractivity contribution < 1.29 is 9.13 Å². The number of methoxy groups -OCH3 is 1. The van der Waals surface area contributed by atoms with E-state index in [-0.39, 0.29) is 18.0 Å². The van der Waals surface area contributed by atoms with E-state index in [1.165, 1.54) is 6.07 Å². The smallest absolute Gasteiger partial charge is 0.129 e. The molecule has 1 aromatic rings. The van der Waals surface area contributed by atoms with Gasteiger partial charge in [-0.1, -0.05) is 17.7 Å². The van der Waals surface area contributed by atoms with Crippen molar-refractivity contribution in [3.05, 3.63) is 34.6 Å². The highest BCUT2D eigenvalue weighted by molar-refractivity contribution is 6.30. The van der Waals surface area contributed by atoms with Gasteiger partial charge in [-0.15, -0.1) is 0 Å². The average molecular weight is 273 g/mol. The Balaban J connectivity index is 2.18. The molecular weight excluding hydrogens is 255 g/mol. The largest absolute Gasteiger partial charge is 0.380 e. The van der Waals surface area contributed by atoms with Crippen molar-refractivity contribution >= 4 is 11.6 Å². The topological polar surface area (TPSA) is 38.5 Å². The first kappa shape index (κ1) is 13.7. The van der Waals surface area contributed by atoms with Crippen LogP contribution in [0, 0.1) is 5.82 Å². The zero-order chi connectivity index (χ0) is 13.1. The summed E-state index contributed by atoms with van der Waals surface area (Å²) in [5.74, 6) is -0.293. The lowest BCUT2D eigenvalue weighted by molar-refractivity contribution is 0.101. The summed E-state index contributed by atoms with van der Waals surface area (Å²) in [4.78, 5) is 2.17. The van der Waals surface area contributed by atoms with E-state index in [0.29, 0.717) is 17.1 Å². The number of rotatable bonds is 4. The zero-order valence-corrected chi connectivity index (χ0v) is 11.2. The molecule has 100 valence electrons. The standard InChI is InChI=1S/C13H18ClFN2O/c1-18-10-4-5-17(8-10)13(7-16)11-3-2-9(14)6-12(11)15/h2-3,6,10,13H,4-5,7-8,16H2,1H3. The summed E-state index contributed by atoms with van der Waals surface area (Å²) in [6, 6.07) is 4.65. The van der Waals surface area contributed by atoms with Gasteiger partial charge >= 0.3 is 0 Å². The number of benzene rings is 1. The number of ether oxygens (including phenoxy) is 1. The fourth-order valence-corrected chi connectivity index (χ4v) is 2.63. The molecule has 0 aliphatic carbocycles. The van der Waals surface area contributed by atoms with Crippen LogP contribution in [-0.2, 0) is 4.74 Å². The van der Waals surface area contributed by atoms with Gasteiger partial charge in [0.2, 0.25) is 0 Å². The van der Waals surface area contributed by atoms with Gasteiger partial charge in [0.1, 0.15) is 5.82 Å². The van der Waals surface area contributed by atoms with E-state index in [1.807, 2.05) is 0 Å². The Morgan fingerprint density at radius 1 is 1.61 bits per heavy atom. The molecule has 3 nitrogen and oxygen atoms in total. The van der Waals surface area contributed by atoms with Crippen LogP contribution in [0.25, 0.3) is 0 Å². The third kappa shape index (κ3) is 2.83. The van der Waals surface area contributed by atoms with Crippen molar-refractivity contribution in [1.29, 1.82) is 0 Å². The van der Waals surface area contributed by atoms with Gasteiger partial charge in [0.05, 0.1) is 12.1 Å². The van der Waals surface area contributed by atoms with Gasteiger partial charge < -0.3 is 10.5 Å². The maximum atomic E-state index is 13.9. The average Bonchev–Trinajstić information content (AvgIpc) is 2.81. The molecule has 18 heavy (non-hydrogen) atoms. The molecular formula is C13H18ClFN2O. The second-order valence-corrected chi connectivity index (χ2v) is 5.00. The van der Waals surface area contributed by atoms with E-state index < -0.39 is 0 Å². The Morgan fingerprint density at radius 2 is 2.39 bits per heavy atom. The van der Waals surface area contributed by atoms with Crippen molar-refractivity contribution in [2.45, 2.75) is 18.6 Å². The monoisotopic (exact) mass is 272 g/mol. The molecule has 1 fully saturated rings. The number of nitrogens with two attached hydrogens (primary N) is 1. The summed E-state index contributed by atoms with van der Waals surface area (Å²) < 4.78 is 19.2. The number of hydrogen-bond acceptors (Lipinski definition) is 3. The van der Waals surface area contributed by atoms with Crippen LogP contribution in [0.4, 0.5) is 4.39 Å². The van der Waals surface area contributed by atoms with Crippen LogP contribution < -0.4 is 5.73 Å². The lowest BCUT2D eigenvalue weighted by Crippen LogP contribution is -2.33. The minimum atomic E-state index is -0.293. The van der Waals surface area contributed by atoms with Crippen molar-refractivity contribution in [1.82, 2.24) is 4.90 Å². The zero-order valence-electron chi connectivity index (χ0n) is 10.4. The van der Waals surface area contributed by atoms with E-state index in [1.54, 1.807) is 19.2 Å². The Morgan fingerprint density at radius 3 is 2.94 bits per heavy atom. The normalized spacial score (nSPS) is 22.3. The van der Waals surface area contributed by atoms with Crippen LogP contribution in [0.3, 0.4) is 0 Å².